The van der Waals surface area contributed by atoms with Crippen molar-refractivity contribution in [2.24, 2.45) is 4.99 Å². The number of carbonyl (C=O) groups is 1. The minimum absolute atomic E-state index is 0.222. The lowest BCUT2D eigenvalue weighted by atomic mass is 10.1. The Morgan fingerprint density at radius 2 is 1.76 bits per heavy atom. The van der Waals surface area contributed by atoms with Crippen LogP contribution in [0.3, 0.4) is 0 Å². The van der Waals surface area contributed by atoms with Crippen molar-refractivity contribution in [1.82, 2.24) is 0 Å². The van der Waals surface area contributed by atoms with Gasteiger partial charge in [-0.05, 0) is 76.5 Å². The van der Waals surface area contributed by atoms with Crippen molar-refractivity contribution in [2.45, 2.75) is 13.3 Å². The molecule has 0 saturated heterocycles. The van der Waals surface area contributed by atoms with Crippen LogP contribution in [0.2, 0.25) is 0 Å². The van der Waals surface area contributed by atoms with E-state index < -0.39 is 5.97 Å². The third-order valence-corrected chi connectivity index (χ3v) is 5.94. The number of hydrogen-bond acceptors (Lipinski definition) is 5. The number of esters is 1. The van der Waals surface area contributed by atoms with Crippen LogP contribution < -0.4 is 9.47 Å². The second kappa shape index (κ2) is 10.8. The van der Waals surface area contributed by atoms with Crippen molar-refractivity contribution < 1.29 is 19.0 Å². The number of benzene rings is 3. The van der Waals surface area contributed by atoms with E-state index in [0.29, 0.717) is 24.7 Å². The predicted octanol–water partition coefficient (Wildman–Crippen LogP) is 6.58. The molecular formula is C26H21Br2NO4. The molecule has 168 valence electrons. The highest BCUT2D eigenvalue weighted by atomic mass is 79.9. The summed E-state index contributed by atoms with van der Waals surface area (Å²) in [6.07, 6.45) is 2.46. The smallest absolute Gasteiger partial charge is 0.363 e. The first-order valence-electron chi connectivity index (χ1n) is 10.4. The number of nitrogens with zero attached hydrogens (tertiary/aromatic N) is 1. The fourth-order valence-corrected chi connectivity index (χ4v) is 4.11. The van der Waals surface area contributed by atoms with Crippen molar-refractivity contribution >= 4 is 49.8 Å². The number of halogens is 2. The maximum Gasteiger partial charge on any atom is 0.363 e. The summed E-state index contributed by atoms with van der Waals surface area (Å²) in [5.74, 6) is 1.01. The summed E-state index contributed by atoms with van der Waals surface area (Å²) in [5.41, 5.74) is 2.90. The molecule has 7 heteroatoms. The van der Waals surface area contributed by atoms with Crippen LogP contribution in [0, 0.1) is 0 Å². The summed E-state index contributed by atoms with van der Waals surface area (Å²) in [5, 5.41) is 0. The number of aliphatic imine (C=N–C) groups is 1. The molecule has 0 N–H and O–H groups in total. The number of rotatable bonds is 8. The molecule has 1 aliphatic rings. The summed E-state index contributed by atoms with van der Waals surface area (Å²) in [4.78, 5) is 16.8. The van der Waals surface area contributed by atoms with Gasteiger partial charge in [-0.15, -0.1) is 0 Å². The van der Waals surface area contributed by atoms with E-state index in [4.69, 9.17) is 14.2 Å². The SMILES string of the molecule is CCOc1cc(/C=C2\N=C(c3ccc(Br)cc3)OC2=O)cc(Br)c1OCCc1ccccc1. The molecule has 1 aliphatic heterocycles. The molecule has 0 radical (unpaired) electrons. The van der Waals surface area contributed by atoms with E-state index in [0.717, 1.165) is 26.5 Å². The lowest BCUT2D eigenvalue weighted by Gasteiger charge is -2.15. The van der Waals surface area contributed by atoms with Crippen LogP contribution in [0.5, 0.6) is 11.5 Å². The summed E-state index contributed by atoms with van der Waals surface area (Å²) in [6.45, 7) is 2.90. The molecule has 0 fully saturated rings. The molecule has 0 atom stereocenters. The Labute approximate surface area is 209 Å². The topological polar surface area (TPSA) is 57.1 Å². The third-order valence-electron chi connectivity index (χ3n) is 4.83. The van der Waals surface area contributed by atoms with Gasteiger partial charge in [0, 0.05) is 16.5 Å². The average molecular weight is 571 g/mol. The van der Waals surface area contributed by atoms with E-state index in [1.165, 1.54) is 5.56 Å². The van der Waals surface area contributed by atoms with Crippen molar-refractivity contribution in [3.8, 4) is 11.5 Å². The summed E-state index contributed by atoms with van der Waals surface area (Å²) < 4.78 is 18.9. The highest BCUT2D eigenvalue weighted by molar-refractivity contribution is 9.10. The minimum atomic E-state index is -0.495. The first-order chi connectivity index (χ1) is 16.0. The molecule has 0 aliphatic carbocycles. The van der Waals surface area contributed by atoms with Gasteiger partial charge in [-0.1, -0.05) is 46.3 Å². The van der Waals surface area contributed by atoms with Gasteiger partial charge in [-0.2, -0.15) is 0 Å². The fourth-order valence-electron chi connectivity index (χ4n) is 3.27. The minimum Gasteiger partial charge on any atom is -0.490 e. The van der Waals surface area contributed by atoms with E-state index in [1.807, 2.05) is 61.5 Å². The van der Waals surface area contributed by atoms with Crippen molar-refractivity contribution in [3.63, 3.8) is 0 Å². The maximum atomic E-state index is 12.4. The van der Waals surface area contributed by atoms with Crippen molar-refractivity contribution in [2.75, 3.05) is 13.2 Å². The summed E-state index contributed by atoms with van der Waals surface area (Å²) in [6, 6.07) is 21.3. The Kier molecular flexibility index (Phi) is 7.62. The van der Waals surface area contributed by atoms with E-state index in [1.54, 1.807) is 6.08 Å². The van der Waals surface area contributed by atoms with E-state index in [-0.39, 0.29) is 11.6 Å². The molecule has 0 saturated carbocycles. The molecule has 1 heterocycles. The molecule has 0 unspecified atom stereocenters. The summed E-state index contributed by atoms with van der Waals surface area (Å²) in [7, 11) is 0. The number of hydrogen-bond donors (Lipinski definition) is 0. The molecule has 33 heavy (non-hydrogen) atoms. The van der Waals surface area contributed by atoms with Gasteiger partial charge < -0.3 is 14.2 Å². The Bertz CT molecular complexity index is 1200. The Balaban J connectivity index is 1.55. The molecule has 5 nitrogen and oxygen atoms in total. The number of ether oxygens (including phenoxy) is 3. The molecule has 4 rings (SSSR count). The predicted molar refractivity (Wildman–Crippen MR) is 136 cm³/mol. The number of cyclic esters (lactones) is 1. The lowest BCUT2D eigenvalue weighted by Crippen LogP contribution is -2.05. The maximum absolute atomic E-state index is 12.4. The second-order valence-corrected chi connectivity index (χ2v) is 8.96. The van der Waals surface area contributed by atoms with Gasteiger partial charge in [0.2, 0.25) is 5.90 Å². The Morgan fingerprint density at radius 1 is 1.00 bits per heavy atom. The first kappa shape index (κ1) is 23.3. The largest absolute Gasteiger partial charge is 0.490 e. The van der Waals surface area contributed by atoms with E-state index in [9.17, 15) is 4.79 Å². The van der Waals surface area contributed by atoms with Crippen LogP contribution >= 0.6 is 31.9 Å². The molecular weight excluding hydrogens is 550 g/mol. The molecule has 3 aromatic carbocycles. The Morgan fingerprint density at radius 3 is 2.48 bits per heavy atom. The van der Waals surface area contributed by atoms with Crippen LogP contribution in [0.25, 0.3) is 6.08 Å². The van der Waals surface area contributed by atoms with Crippen LogP contribution in [0.15, 0.2) is 86.4 Å². The normalized spacial score (nSPS) is 14.2. The number of carbonyl (C=O) groups excluding carboxylic acids is 1. The van der Waals surface area contributed by atoms with E-state index >= 15 is 0 Å². The van der Waals surface area contributed by atoms with E-state index in [2.05, 4.69) is 49.0 Å². The van der Waals surface area contributed by atoms with Crippen molar-refractivity contribution in [3.05, 3.63) is 98.1 Å². The molecule has 0 bridgehead atoms. The van der Waals surface area contributed by atoms with Gasteiger partial charge in [-0.25, -0.2) is 9.79 Å². The third kappa shape index (κ3) is 5.92. The standard InChI is InChI=1S/C26H21Br2NO4/c1-2-31-23-16-18(14-21(28)24(23)32-13-12-17-6-4-3-5-7-17)15-22-26(30)33-25(29-22)19-8-10-20(27)11-9-19/h3-11,14-16H,2,12-13H2,1H3/b22-15-. The monoisotopic (exact) mass is 569 g/mol. The first-order valence-corrected chi connectivity index (χ1v) is 12.0. The highest BCUT2D eigenvalue weighted by Crippen LogP contribution is 2.38. The molecule has 0 amide bonds. The lowest BCUT2D eigenvalue weighted by molar-refractivity contribution is -0.129. The van der Waals surface area contributed by atoms with Gasteiger partial charge in [0.05, 0.1) is 17.7 Å². The fraction of sp³-hybridized carbons (Fsp3) is 0.154. The molecule has 3 aromatic rings. The van der Waals surface area contributed by atoms with Crippen molar-refractivity contribution in [1.29, 1.82) is 0 Å². The Hall–Kier alpha value is -2.90. The van der Waals surface area contributed by atoms with Crippen LogP contribution in [0.1, 0.15) is 23.6 Å². The van der Waals surface area contributed by atoms with Gasteiger partial charge in [0.1, 0.15) is 0 Å². The molecule has 0 spiro atoms. The zero-order valence-electron chi connectivity index (χ0n) is 17.9. The second-order valence-electron chi connectivity index (χ2n) is 7.19. The summed E-state index contributed by atoms with van der Waals surface area (Å²) >= 11 is 6.98. The van der Waals surface area contributed by atoms with Gasteiger partial charge >= 0.3 is 5.97 Å². The zero-order valence-corrected chi connectivity index (χ0v) is 21.1. The van der Waals surface area contributed by atoms with Gasteiger partial charge in [0.15, 0.2) is 17.2 Å². The van der Waals surface area contributed by atoms with Gasteiger partial charge in [0.25, 0.3) is 0 Å². The van der Waals surface area contributed by atoms with Gasteiger partial charge in [-0.3, -0.25) is 0 Å². The molecule has 0 aromatic heterocycles. The van der Waals surface area contributed by atoms with Crippen LogP contribution in [0.4, 0.5) is 0 Å². The van der Waals surface area contributed by atoms with Crippen LogP contribution in [-0.2, 0) is 16.0 Å². The average Bonchev–Trinajstić information content (AvgIpc) is 3.17. The quantitative estimate of drug-likeness (QED) is 0.227. The zero-order chi connectivity index (χ0) is 23.2. The van der Waals surface area contributed by atoms with Crippen LogP contribution in [-0.4, -0.2) is 25.1 Å². The highest BCUT2D eigenvalue weighted by Gasteiger charge is 2.24.